The number of allylic oxidation sites excluding steroid dienone is 2. The number of phosphoric ester groups is 1. The molecule has 2 atom stereocenters. The van der Waals surface area contributed by atoms with Gasteiger partial charge in [0.25, 0.3) is 0 Å². The number of ether oxygens (including phenoxy) is 2. The minimum absolute atomic E-state index is 0.0564. The van der Waals surface area contributed by atoms with E-state index in [0.717, 1.165) is 38.5 Å². The quantitative estimate of drug-likeness (QED) is 0.0264. The first-order valence-electron chi connectivity index (χ1n) is 28.2. The Balaban J connectivity index is 3.93. The van der Waals surface area contributed by atoms with Crippen LogP contribution in [-0.2, 0) is 32.7 Å². The summed E-state index contributed by atoms with van der Waals surface area (Å²) in [5.74, 6) is -0.811. The Labute approximate surface area is 402 Å². The molecule has 0 saturated carbocycles. The molecule has 0 spiro atoms. The molecule has 9 nitrogen and oxygen atoms in total. The molecule has 0 aromatic carbocycles. The minimum atomic E-state index is -4.38. The summed E-state index contributed by atoms with van der Waals surface area (Å²) in [6.07, 6.45) is 58.4. The van der Waals surface area contributed by atoms with E-state index in [2.05, 4.69) is 26.0 Å². The van der Waals surface area contributed by atoms with Gasteiger partial charge < -0.3 is 20.1 Å². The Bertz CT molecular complexity index is 1070. The molecular formula is C55H108NO8P. The average Bonchev–Trinajstić information content (AvgIpc) is 3.30. The molecule has 0 saturated heterocycles. The lowest BCUT2D eigenvalue weighted by molar-refractivity contribution is -0.161. The van der Waals surface area contributed by atoms with Crippen LogP contribution in [0.2, 0.25) is 0 Å². The standard InChI is InChI=1S/C55H108NO8P/c1-3-5-7-9-11-13-15-17-19-21-23-24-25-26-27-28-30-31-33-35-37-39-41-43-45-47-54(57)61-51-53(52-63-65(59,60)62-50-49-56)64-55(58)48-46-44-42-40-38-36-34-32-29-22-20-18-16-14-12-10-8-6-4-2/h18,20,53H,3-17,19,21-52,56H2,1-2H3,(H,59,60)/b20-18-. The van der Waals surface area contributed by atoms with Crippen LogP contribution in [0.1, 0.15) is 296 Å². The van der Waals surface area contributed by atoms with Crippen molar-refractivity contribution in [1.29, 1.82) is 0 Å². The molecule has 0 amide bonds. The summed E-state index contributed by atoms with van der Waals surface area (Å²) >= 11 is 0. The highest BCUT2D eigenvalue weighted by Gasteiger charge is 2.26. The molecule has 0 aliphatic rings. The van der Waals surface area contributed by atoms with Gasteiger partial charge in [0.15, 0.2) is 6.10 Å². The number of nitrogens with two attached hydrogens (primary N) is 1. The molecule has 3 N–H and O–H groups in total. The normalized spacial score (nSPS) is 13.1. The zero-order valence-electron chi connectivity index (χ0n) is 43.0. The highest BCUT2D eigenvalue weighted by molar-refractivity contribution is 7.47. The van der Waals surface area contributed by atoms with E-state index in [1.807, 2.05) is 0 Å². The minimum Gasteiger partial charge on any atom is -0.462 e. The topological polar surface area (TPSA) is 134 Å². The molecular weight excluding hydrogens is 834 g/mol. The van der Waals surface area contributed by atoms with Gasteiger partial charge in [-0.05, 0) is 38.5 Å². The first-order valence-corrected chi connectivity index (χ1v) is 29.7. The Kier molecular flexibility index (Phi) is 51.1. The number of unbranched alkanes of at least 4 members (excludes halogenated alkanes) is 39. The molecule has 65 heavy (non-hydrogen) atoms. The van der Waals surface area contributed by atoms with Gasteiger partial charge >= 0.3 is 19.8 Å². The summed E-state index contributed by atoms with van der Waals surface area (Å²) in [6.45, 7) is 3.80. The smallest absolute Gasteiger partial charge is 0.462 e. The first kappa shape index (κ1) is 63.8. The van der Waals surface area contributed by atoms with Crippen molar-refractivity contribution in [2.24, 2.45) is 5.73 Å². The van der Waals surface area contributed by atoms with Gasteiger partial charge in [0, 0.05) is 19.4 Å². The van der Waals surface area contributed by atoms with Crippen LogP contribution >= 0.6 is 7.82 Å². The molecule has 0 aromatic heterocycles. The van der Waals surface area contributed by atoms with E-state index in [1.165, 1.54) is 225 Å². The number of rotatable bonds is 54. The number of phosphoric acid groups is 1. The Morgan fingerprint density at radius 1 is 0.446 bits per heavy atom. The number of esters is 2. The van der Waals surface area contributed by atoms with Gasteiger partial charge in [-0.25, -0.2) is 4.57 Å². The van der Waals surface area contributed by atoms with Gasteiger partial charge in [-0.3, -0.25) is 18.6 Å². The van der Waals surface area contributed by atoms with Crippen molar-refractivity contribution in [3.8, 4) is 0 Å². The van der Waals surface area contributed by atoms with Crippen LogP contribution in [-0.4, -0.2) is 49.3 Å². The number of carbonyl (C=O) groups excluding carboxylic acids is 2. The molecule has 0 aliphatic heterocycles. The average molecular weight is 942 g/mol. The van der Waals surface area contributed by atoms with Crippen molar-refractivity contribution >= 4 is 19.8 Å². The third-order valence-electron chi connectivity index (χ3n) is 12.7. The molecule has 386 valence electrons. The molecule has 0 radical (unpaired) electrons. The van der Waals surface area contributed by atoms with Gasteiger partial charge in [0.1, 0.15) is 6.61 Å². The highest BCUT2D eigenvalue weighted by atomic mass is 31.2. The van der Waals surface area contributed by atoms with E-state index in [1.54, 1.807) is 0 Å². The van der Waals surface area contributed by atoms with Crippen molar-refractivity contribution in [3.05, 3.63) is 12.2 Å². The highest BCUT2D eigenvalue weighted by Crippen LogP contribution is 2.43. The van der Waals surface area contributed by atoms with Crippen LogP contribution in [0.15, 0.2) is 12.2 Å². The van der Waals surface area contributed by atoms with E-state index >= 15 is 0 Å². The van der Waals surface area contributed by atoms with E-state index in [0.29, 0.717) is 6.42 Å². The zero-order valence-corrected chi connectivity index (χ0v) is 43.9. The summed E-state index contributed by atoms with van der Waals surface area (Å²) in [5, 5.41) is 0. The van der Waals surface area contributed by atoms with Crippen LogP contribution in [0.4, 0.5) is 0 Å². The fourth-order valence-corrected chi connectivity index (χ4v) is 9.22. The molecule has 0 bridgehead atoms. The second-order valence-electron chi connectivity index (χ2n) is 19.2. The zero-order chi connectivity index (χ0) is 47.4. The monoisotopic (exact) mass is 942 g/mol. The molecule has 10 heteroatoms. The molecule has 0 aromatic rings. The fourth-order valence-electron chi connectivity index (χ4n) is 8.46. The molecule has 0 fully saturated rings. The van der Waals surface area contributed by atoms with Gasteiger partial charge in [-0.2, -0.15) is 0 Å². The molecule has 0 heterocycles. The van der Waals surface area contributed by atoms with Crippen LogP contribution in [0, 0.1) is 0 Å². The first-order chi connectivity index (χ1) is 31.8. The van der Waals surface area contributed by atoms with Gasteiger partial charge in [0.2, 0.25) is 0 Å². The summed E-state index contributed by atoms with van der Waals surface area (Å²) in [7, 11) is -4.38. The summed E-state index contributed by atoms with van der Waals surface area (Å²) in [5.41, 5.74) is 5.38. The predicted molar refractivity (Wildman–Crippen MR) is 275 cm³/mol. The summed E-state index contributed by atoms with van der Waals surface area (Å²) < 4.78 is 33.0. The third-order valence-corrected chi connectivity index (χ3v) is 13.6. The van der Waals surface area contributed by atoms with Crippen molar-refractivity contribution in [1.82, 2.24) is 0 Å². The van der Waals surface area contributed by atoms with Crippen molar-refractivity contribution in [3.63, 3.8) is 0 Å². The molecule has 2 unspecified atom stereocenters. The van der Waals surface area contributed by atoms with Gasteiger partial charge in [-0.15, -0.1) is 0 Å². The lowest BCUT2D eigenvalue weighted by Gasteiger charge is -2.19. The van der Waals surface area contributed by atoms with Gasteiger partial charge in [-0.1, -0.05) is 257 Å². The molecule has 0 rings (SSSR count). The Morgan fingerprint density at radius 2 is 0.754 bits per heavy atom. The van der Waals surface area contributed by atoms with E-state index in [9.17, 15) is 19.0 Å². The van der Waals surface area contributed by atoms with Crippen molar-refractivity contribution in [2.45, 2.75) is 302 Å². The lowest BCUT2D eigenvalue weighted by Crippen LogP contribution is -2.29. The maximum absolute atomic E-state index is 12.7. The maximum Gasteiger partial charge on any atom is 0.472 e. The predicted octanol–water partition coefficient (Wildman–Crippen LogP) is 17.3. The van der Waals surface area contributed by atoms with Crippen LogP contribution in [0.25, 0.3) is 0 Å². The number of carbonyl (C=O) groups is 2. The summed E-state index contributed by atoms with van der Waals surface area (Å²) in [4.78, 5) is 35.1. The molecule has 0 aliphatic carbocycles. The van der Waals surface area contributed by atoms with E-state index in [4.69, 9.17) is 24.3 Å². The Hall–Kier alpha value is -1.25. The lowest BCUT2D eigenvalue weighted by atomic mass is 10.0. The van der Waals surface area contributed by atoms with Crippen molar-refractivity contribution < 1.29 is 37.6 Å². The Morgan fingerprint density at radius 3 is 1.09 bits per heavy atom. The van der Waals surface area contributed by atoms with Crippen molar-refractivity contribution in [2.75, 3.05) is 26.4 Å². The van der Waals surface area contributed by atoms with Crippen LogP contribution < -0.4 is 5.73 Å². The fraction of sp³-hybridized carbons (Fsp3) is 0.927. The van der Waals surface area contributed by atoms with E-state index < -0.39 is 26.5 Å². The van der Waals surface area contributed by atoms with Crippen LogP contribution in [0.3, 0.4) is 0 Å². The number of hydrogen-bond acceptors (Lipinski definition) is 8. The third kappa shape index (κ3) is 52.0. The summed E-state index contributed by atoms with van der Waals surface area (Å²) in [6, 6.07) is 0. The van der Waals surface area contributed by atoms with E-state index in [-0.39, 0.29) is 38.6 Å². The largest absolute Gasteiger partial charge is 0.472 e. The number of hydrogen-bond donors (Lipinski definition) is 2. The van der Waals surface area contributed by atoms with Crippen LogP contribution in [0.5, 0.6) is 0 Å². The maximum atomic E-state index is 12.7. The second kappa shape index (κ2) is 52.1. The SMILES string of the molecule is CCCCCCCC/C=C\CCCCCCCCCCCC(=O)OC(COC(=O)CCCCCCCCCCCCCCCCCCCCCCCCCCC)COP(=O)(O)OCCN. The van der Waals surface area contributed by atoms with Gasteiger partial charge in [0.05, 0.1) is 13.2 Å². The second-order valence-corrected chi connectivity index (χ2v) is 20.6.